The van der Waals surface area contributed by atoms with Crippen LogP contribution in [0.4, 0.5) is 17.6 Å². The average Bonchev–Trinajstić information content (AvgIpc) is 3.09. The van der Waals surface area contributed by atoms with Gasteiger partial charge in [-0.25, -0.2) is 17.6 Å². The highest BCUT2D eigenvalue weighted by Gasteiger charge is 2.28. The zero-order chi connectivity index (χ0) is 20.5. The number of amides is 1. The molecule has 1 amide bonds. The fourth-order valence-corrected chi connectivity index (χ4v) is 3.68. The summed E-state index contributed by atoms with van der Waals surface area (Å²) in [4.78, 5) is 12.8. The van der Waals surface area contributed by atoms with Crippen molar-refractivity contribution >= 4 is 29.2 Å². The van der Waals surface area contributed by atoms with Crippen molar-refractivity contribution in [2.45, 2.75) is 25.2 Å². The van der Waals surface area contributed by atoms with Crippen LogP contribution in [0.1, 0.15) is 22.3 Å². The number of alkyl halides is 1. The van der Waals surface area contributed by atoms with Gasteiger partial charge in [0.1, 0.15) is 23.6 Å². The number of halogens is 5. The third kappa shape index (κ3) is 4.29. The summed E-state index contributed by atoms with van der Waals surface area (Å²) in [6.45, 7) is 0.796. The first-order valence-corrected chi connectivity index (χ1v) is 9.31. The van der Waals surface area contributed by atoms with Gasteiger partial charge < -0.3 is 15.2 Å². The summed E-state index contributed by atoms with van der Waals surface area (Å²) in [6, 6.07) is 6.84. The maximum atomic E-state index is 14.6. The topological polar surface area (TPSA) is 46.1 Å². The van der Waals surface area contributed by atoms with E-state index >= 15 is 0 Å². The molecule has 1 aliphatic rings. The lowest BCUT2D eigenvalue weighted by Crippen LogP contribution is -2.50. The van der Waals surface area contributed by atoms with Crippen LogP contribution in [0.2, 0.25) is 0 Å². The summed E-state index contributed by atoms with van der Waals surface area (Å²) < 4.78 is 57.7. The van der Waals surface area contributed by atoms with Crippen molar-refractivity contribution in [1.29, 1.82) is 0 Å². The second-order valence-corrected chi connectivity index (χ2v) is 7.14. The Bertz CT molecular complexity index is 1050. The van der Waals surface area contributed by atoms with E-state index in [2.05, 4.69) is 10.6 Å². The van der Waals surface area contributed by atoms with Gasteiger partial charge in [0.05, 0.1) is 22.5 Å². The molecule has 160 valence electrons. The van der Waals surface area contributed by atoms with Crippen molar-refractivity contribution in [2.24, 2.45) is 0 Å². The van der Waals surface area contributed by atoms with Crippen LogP contribution < -0.4 is 10.6 Å². The Morgan fingerprint density at radius 3 is 2.50 bits per heavy atom. The molecule has 2 N–H and O–H groups in total. The van der Waals surface area contributed by atoms with Crippen LogP contribution in [0.3, 0.4) is 0 Å². The minimum Gasteiger partial charge on any atom is -0.346 e. The molecule has 0 bridgehead atoms. The van der Waals surface area contributed by atoms with Crippen molar-refractivity contribution < 1.29 is 22.4 Å². The summed E-state index contributed by atoms with van der Waals surface area (Å²) in [5.74, 6) is -2.50. The minimum atomic E-state index is -1.26. The molecule has 2 atom stereocenters. The van der Waals surface area contributed by atoms with Crippen LogP contribution in [0, 0.1) is 17.5 Å². The van der Waals surface area contributed by atoms with Gasteiger partial charge in [-0.15, -0.1) is 12.4 Å². The Labute approximate surface area is 176 Å². The number of hydrogen-bond acceptors (Lipinski definition) is 2. The molecule has 1 aromatic heterocycles. The van der Waals surface area contributed by atoms with Gasteiger partial charge in [0.25, 0.3) is 5.91 Å². The van der Waals surface area contributed by atoms with E-state index in [0.29, 0.717) is 18.5 Å². The largest absolute Gasteiger partial charge is 0.346 e. The molecule has 4 rings (SSSR count). The molecule has 0 radical (unpaired) electrons. The van der Waals surface area contributed by atoms with E-state index in [1.165, 1.54) is 35.0 Å². The number of fused-ring (bicyclic) bond motifs is 1. The lowest BCUT2D eigenvalue weighted by Gasteiger charge is -2.27. The van der Waals surface area contributed by atoms with Crippen LogP contribution in [0.25, 0.3) is 10.9 Å². The summed E-state index contributed by atoms with van der Waals surface area (Å²) in [5.41, 5.74) is 0.521. The van der Waals surface area contributed by atoms with Gasteiger partial charge in [0.15, 0.2) is 0 Å². The minimum absolute atomic E-state index is 0. The van der Waals surface area contributed by atoms with Crippen LogP contribution >= 0.6 is 12.4 Å². The average molecular weight is 442 g/mol. The van der Waals surface area contributed by atoms with Gasteiger partial charge in [-0.2, -0.15) is 0 Å². The number of benzene rings is 2. The van der Waals surface area contributed by atoms with E-state index in [9.17, 15) is 22.4 Å². The van der Waals surface area contributed by atoms with Gasteiger partial charge in [-0.1, -0.05) is 12.1 Å². The molecule has 2 aromatic carbocycles. The Morgan fingerprint density at radius 2 is 1.80 bits per heavy atom. The fraction of sp³-hybridized carbons (Fsp3) is 0.286. The third-order valence-electron chi connectivity index (χ3n) is 5.15. The van der Waals surface area contributed by atoms with Crippen molar-refractivity contribution in [3.63, 3.8) is 0 Å². The first-order chi connectivity index (χ1) is 13.9. The summed E-state index contributed by atoms with van der Waals surface area (Å²) in [6.07, 6.45) is 0.490. The van der Waals surface area contributed by atoms with E-state index < -0.39 is 35.6 Å². The Kier molecular flexibility index (Phi) is 6.67. The quantitative estimate of drug-likeness (QED) is 0.602. The number of carbonyl (C=O) groups is 1. The van der Waals surface area contributed by atoms with Gasteiger partial charge in [0, 0.05) is 19.3 Å². The number of nitrogens with one attached hydrogen (secondary N) is 2. The van der Waals surface area contributed by atoms with Crippen LogP contribution in [0.5, 0.6) is 0 Å². The predicted molar refractivity (Wildman–Crippen MR) is 108 cm³/mol. The lowest BCUT2D eigenvalue weighted by atomic mass is 10.0. The smallest absolute Gasteiger partial charge is 0.253 e. The normalized spacial score (nSPS) is 18.8. The van der Waals surface area contributed by atoms with Crippen molar-refractivity contribution in [3.05, 3.63) is 71.2 Å². The van der Waals surface area contributed by atoms with E-state index in [4.69, 9.17) is 0 Å². The molecule has 4 nitrogen and oxygen atoms in total. The Morgan fingerprint density at radius 1 is 1.10 bits per heavy atom. The van der Waals surface area contributed by atoms with E-state index in [1.54, 1.807) is 0 Å². The number of aromatic nitrogens is 1. The molecule has 3 aromatic rings. The maximum Gasteiger partial charge on any atom is 0.253 e. The number of carbonyl (C=O) groups excluding carboxylic acids is 1. The van der Waals surface area contributed by atoms with Crippen LogP contribution in [-0.4, -0.2) is 35.8 Å². The molecular formula is C21H20ClF4N3O. The maximum absolute atomic E-state index is 14.6. The molecule has 1 unspecified atom stereocenters. The van der Waals surface area contributed by atoms with E-state index in [0.717, 1.165) is 12.1 Å². The van der Waals surface area contributed by atoms with Crippen molar-refractivity contribution in [1.82, 2.24) is 15.2 Å². The Balaban J connectivity index is 0.00000256. The van der Waals surface area contributed by atoms with Crippen molar-refractivity contribution in [2.75, 3.05) is 13.1 Å². The van der Waals surface area contributed by atoms with Crippen molar-refractivity contribution in [3.8, 4) is 0 Å². The highest BCUT2D eigenvalue weighted by Crippen LogP contribution is 2.28. The second-order valence-electron chi connectivity index (χ2n) is 7.14. The molecular weight excluding hydrogens is 422 g/mol. The highest BCUT2D eigenvalue weighted by atomic mass is 35.5. The highest BCUT2D eigenvalue weighted by molar-refractivity contribution is 6.07. The third-order valence-corrected chi connectivity index (χ3v) is 5.15. The first-order valence-electron chi connectivity index (χ1n) is 9.31. The Hall–Kier alpha value is -2.58. The number of nitrogens with zero attached hydrogens (tertiary/aromatic N) is 1. The van der Waals surface area contributed by atoms with Crippen LogP contribution in [-0.2, 0) is 6.54 Å². The molecule has 1 aliphatic heterocycles. The van der Waals surface area contributed by atoms with Gasteiger partial charge in [-0.3, -0.25) is 4.79 Å². The molecule has 2 heterocycles. The first kappa shape index (κ1) is 22.1. The van der Waals surface area contributed by atoms with Gasteiger partial charge >= 0.3 is 0 Å². The lowest BCUT2D eigenvalue weighted by molar-refractivity contribution is 0.0893. The fourth-order valence-electron chi connectivity index (χ4n) is 3.68. The number of piperidine rings is 1. The molecule has 1 saturated heterocycles. The molecule has 1 fully saturated rings. The number of hydrogen-bond donors (Lipinski definition) is 2. The molecule has 30 heavy (non-hydrogen) atoms. The summed E-state index contributed by atoms with van der Waals surface area (Å²) in [5, 5.41) is 5.34. The van der Waals surface area contributed by atoms with Gasteiger partial charge in [-0.05, 0) is 42.8 Å². The zero-order valence-electron chi connectivity index (χ0n) is 15.8. The van der Waals surface area contributed by atoms with E-state index in [-0.39, 0.29) is 42.0 Å². The molecule has 0 spiro atoms. The number of rotatable bonds is 4. The molecule has 0 saturated carbocycles. The molecule has 0 aliphatic carbocycles. The standard InChI is InChI=1S/C21H19F4N3O.ClH/c22-13-3-1-12(2-4-13)10-28-11-14(19-15(23)5-6-16(24)20(19)28)21(29)27-18-7-8-26-9-17(18)25;/h1-6,11,17-18,26H,7-10H2,(H,27,29);1H/t17-,18?;/m0./s1. The zero-order valence-corrected chi connectivity index (χ0v) is 16.6. The summed E-state index contributed by atoms with van der Waals surface area (Å²) in [7, 11) is 0. The second kappa shape index (κ2) is 9.06. The monoisotopic (exact) mass is 441 g/mol. The SMILES string of the molecule is Cl.O=C(NC1CCNC[C@@H]1F)c1cn(Cc2ccc(F)cc2)c2c(F)ccc(F)c12. The van der Waals surface area contributed by atoms with Gasteiger partial charge in [0.2, 0.25) is 0 Å². The predicted octanol–water partition coefficient (Wildman–Crippen LogP) is 3.96. The van der Waals surface area contributed by atoms with E-state index in [1.807, 2.05) is 0 Å². The summed E-state index contributed by atoms with van der Waals surface area (Å²) >= 11 is 0. The molecule has 9 heteroatoms. The van der Waals surface area contributed by atoms with Crippen LogP contribution in [0.15, 0.2) is 42.6 Å².